The first-order chi connectivity index (χ1) is 22.7. The van der Waals surface area contributed by atoms with Crippen LogP contribution in [-0.2, 0) is 31.3 Å². The molecule has 0 aliphatic rings. The molecule has 49 heavy (non-hydrogen) atoms. The largest absolute Gasteiger partial charge is 0.512 e. The van der Waals surface area contributed by atoms with Gasteiger partial charge in [0.15, 0.2) is 5.78 Å². The fraction of sp³-hybridized carbons (Fsp3) is 0.455. The first kappa shape index (κ1) is 40.6. The van der Waals surface area contributed by atoms with Crippen LogP contribution in [0, 0.1) is 37.2 Å². The van der Waals surface area contributed by atoms with Crippen LogP contribution in [0.3, 0.4) is 0 Å². The molecule has 5 aromatic rings. The Hall–Kier alpha value is -2.85. The average Bonchev–Trinajstić information content (AvgIpc) is 3.41. The molecule has 0 aliphatic heterocycles. The van der Waals surface area contributed by atoms with Crippen molar-refractivity contribution < 1.29 is 30.0 Å². The van der Waals surface area contributed by atoms with Gasteiger partial charge >= 0.3 is 0 Å². The van der Waals surface area contributed by atoms with Gasteiger partial charge < -0.3 is 5.11 Å². The molecule has 0 atom stereocenters. The normalized spacial score (nSPS) is 12.2. The van der Waals surface area contributed by atoms with Crippen molar-refractivity contribution in [2.45, 2.75) is 114 Å². The Balaban J connectivity index is 0.000000347. The van der Waals surface area contributed by atoms with Crippen LogP contribution in [-0.4, -0.2) is 15.9 Å². The van der Waals surface area contributed by atoms with Crippen LogP contribution in [0.15, 0.2) is 60.5 Å². The van der Waals surface area contributed by atoms with E-state index in [2.05, 4.69) is 97.0 Å². The molecule has 0 saturated carbocycles. The van der Waals surface area contributed by atoms with Gasteiger partial charge in [-0.05, 0) is 74.3 Å². The van der Waals surface area contributed by atoms with Crippen molar-refractivity contribution in [2.75, 3.05) is 0 Å². The number of aliphatic hydroxyl groups excluding tert-OH is 1. The number of pyridine rings is 1. The van der Waals surface area contributed by atoms with Crippen LogP contribution < -0.4 is 0 Å². The standard InChI is InChI=1S/C31H32NS.C13H24O2.Ir/c1-18(2)26-16-23(15-22-14-19(3)13-20(4)27(22)26)28-30-25(11-12-32-28)24-10-8-9-21(29(24)33-30)17-31(5,6)7;1-5-10(6-2)12(14)9-13(15)11(7-3)8-4;/h8-14,16,18H,17H2,1-7H3;9-11,14H,5-8H2,1-4H3;/q-1;;/b;12-9-;. The Morgan fingerprint density at radius 2 is 1.55 bits per heavy atom. The summed E-state index contributed by atoms with van der Waals surface area (Å²) in [5.74, 6) is 0.980. The molecular weight excluding hydrogens is 799 g/mol. The van der Waals surface area contributed by atoms with Gasteiger partial charge in [-0.3, -0.25) is 9.78 Å². The van der Waals surface area contributed by atoms with E-state index in [0.717, 1.165) is 43.4 Å². The van der Waals surface area contributed by atoms with E-state index in [0.29, 0.717) is 5.92 Å². The number of aliphatic hydroxyl groups is 1. The summed E-state index contributed by atoms with van der Waals surface area (Å²) in [5.41, 5.74) is 7.83. The third-order valence-electron chi connectivity index (χ3n) is 9.51. The molecule has 1 N–H and O–H groups in total. The van der Waals surface area contributed by atoms with Crippen LogP contribution in [0.25, 0.3) is 42.2 Å². The van der Waals surface area contributed by atoms with Crippen molar-refractivity contribution in [1.29, 1.82) is 0 Å². The molecule has 0 fully saturated rings. The number of aryl methyl sites for hydroxylation is 2. The van der Waals surface area contributed by atoms with E-state index >= 15 is 0 Å². The minimum absolute atomic E-state index is 0. The van der Waals surface area contributed by atoms with Crippen molar-refractivity contribution in [1.82, 2.24) is 4.98 Å². The molecule has 5 rings (SSSR count). The van der Waals surface area contributed by atoms with Gasteiger partial charge in [-0.1, -0.05) is 109 Å². The fourth-order valence-electron chi connectivity index (χ4n) is 6.91. The summed E-state index contributed by atoms with van der Waals surface area (Å²) in [6.07, 6.45) is 7.94. The van der Waals surface area contributed by atoms with E-state index in [1.165, 1.54) is 59.3 Å². The molecule has 0 spiro atoms. The van der Waals surface area contributed by atoms with Gasteiger partial charge in [0.25, 0.3) is 0 Å². The molecule has 265 valence electrons. The van der Waals surface area contributed by atoms with Crippen molar-refractivity contribution in [3.8, 4) is 11.3 Å². The Bertz CT molecular complexity index is 1920. The molecule has 1 radical (unpaired) electrons. The van der Waals surface area contributed by atoms with Gasteiger partial charge in [-0.25, -0.2) is 0 Å². The average molecular weight is 855 g/mol. The first-order valence-corrected chi connectivity index (χ1v) is 18.7. The van der Waals surface area contributed by atoms with Gasteiger partial charge in [0.2, 0.25) is 0 Å². The quantitative estimate of drug-likeness (QED) is 0.0865. The van der Waals surface area contributed by atoms with Crippen molar-refractivity contribution in [2.24, 2.45) is 17.3 Å². The molecule has 0 aliphatic carbocycles. The Morgan fingerprint density at radius 1 is 0.918 bits per heavy atom. The maximum Gasteiger partial charge on any atom is 0.162 e. The minimum atomic E-state index is 0. The van der Waals surface area contributed by atoms with E-state index in [-0.39, 0.29) is 48.9 Å². The summed E-state index contributed by atoms with van der Waals surface area (Å²) < 4.78 is 2.66. The van der Waals surface area contributed by atoms with Gasteiger partial charge in [0, 0.05) is 64.7 Å². The number of ketones is 1. The van der Waals surface area contributed by atoms with Gasteiger partial charge in [-0.2, -0.15) is 0 Å². The topological polar surface area (TPSA) is 50.2 Å². The summed E-state index contributed by atoms with van der Waals surface area (Å²) in [4.78, 5) is 16.6. The van der Waals surface area contributed by atoms with E-state index in [1.807, 2.05) is 45.2 Å². The predicted molar refractivity (Wildman–Crippen MR) is 209 cm³/mol. The number of thiophene rings is 1. The summed E-state index contributed by atoms with van der Waals surface area (Å²) in [6, 6.07) is 19.6. The van der Waals surface area contributed by atoms with E-state index in [1.54, 1.807) is 0 Å². The molecule has 2 heterocycles. The molecule has 0 unspecified atom stereocenters. The SMILES string of the molecule is CCC(CC)C(=O)/C=C(\O)C(CC)CC.Cc1cc(C)c2c(C(C)C)cc(-c3nccc4c3sc3c(CC(C)(C)C)cccc34)[c-]c2c1.[Ir]. The summed E-state index contributed by atoms with van der Waals surface area (Å²) in [7, 11) is 0. The van der Waals surface area contributed by atoms with Crippen molar-refractivity contribution in [3.05, 3.63) is 88.8 Å². The summed E-state index contributed by atoms with van der Waals surface area (Å²) >= 11 is 1.89. The molecule has 2 aromatic heterocycles. The number of fused-ring (bicyclic) bond motifs is 4. The Kier molecular flexibility index (Phi) is 14.4. The molecular formula is C44H56IrNO2S-. The van der Waals surface area contributed by atoms with E-state index in [4.69, 9.17) is 4.98 Å². The number of rotatable bonds is 10. The zero-order valence-corrected chi connectivity index (χ0v) is 34.7. The number of allylic oxidation sites excluding steroid dienone is 2. The summed E-state index contributed by atoms with van der Waals surface area (Å²) in [6.45, 7) is 24.0. The summed E-state index contributed by atoms with van der Waals surface area (Å²) in [5, 5.41) is 14.9. The number of benzene rings is 3. The smallest absolute Gasteiger partial charge is 0.162 e. The molecule has 0 saturated heterocycles. The van der Waals surface area contributed by atoms with Crippen LogP contribution in [0.4, 0.5) is 0 Å². The Morgan fingerprint density at radius 3 is 2.14 bits per heavy atom. The van der Waals surface area contributed by atoms with Crippen molar-refractivity contribution in [3.63, 3.8) is 0 Å². The van der Waals surface area contributed by atoms with Crippen LogP contribution in [0.2, 0.25) is 0 Å². The molecule has 0 bridgehead atoms. The number of aromatic nitrogens is 1. The number of hydrogen-bond acceptors (Lipinski definition) is 4. The second-order valence-corrected chi connectivity index (χ2v) is 16.0. The zero-order chi connectivity index (χ0) is 35.3. The maximum absolute atomic E-state index is 11.7. The second-order valence-electron chi connectivity index (χ2n) is 15.0. The maximum atomic E-state index is 11.7. The van der Waals surface area contributed by atoms with E-state index < -0.39 is 0 Å². The predicted octanol–water partition coefficient (Wildman–Crippen LogP) is 13.3. The number of nitrogens with zero attached hydrogens (tertiary/aromatic N) is 1. The number of hydrogen-bond donors (Lipinski definition) is 1. The molecule has 5 heteroatoms. The Labute approximate surface area is 313 Å². The first-order valence-electron chi connectivity index (χ1n) is 17.9. The van der Waals surface area contributed by atoms with Gasteiger partial charge in [0.05, 0.1) is 5.76 Å². The van der Waals surface area contributed by atoms with Crippen LogP contribution in [0.5, 0.6) is 0 Å². The number of carbonyl (C=O) groups excluding carboxylic acids is 1. The van der Waals surface area contributed by atoms with Gasteiger partial charge in [-0.15, -0.1) is 40.5 Å². The van der Waals surface area contributed by atoms with E-state index in [9.17, 15) is 9.90 Å². The fourth-order valence-corrected chi connectivity index (χ4v) is 8.22. The number of carbonyl (C=O) groups is 1. The molecule has 0 amide bonds. The van der Waals surface area contributed by atoms with Crippen molar-refractivity contribution >= 4 is 48.1 Å². The zero-order valence-electron chi connectivity index (χ0n) is 31.5. The van der Waals surface area contributed by atoms with Gasteiger partial charge in [0.1, 0.15) is 0 Å². The second kappa shape index (κ2) is 17.4. The molecule has 3 nitrogen and oxygen atoms in total. The van der Waals surface area contributed by atoms with Crippen LogP contribution >= 0.6 is 11.3 Å². The third kappa shape index (κ3) is 9.48. The molecule has 3 aromatic carbocycles. The van der Waals surface area contributed by atoms with Crippen LogP contribution in [0.1, 0.15) is 116 Å². The third-order valence-corrected chi connectivity index (χ3v) is 10.8. The minimum Gasteiger partial charge on any atom is -0.512 e. The monoisotopic (exact) mass is 855 g/mol.